The number of allylic oxidation sites excluding steroid dienone is 1. The minimum atomic E-state index is -0.581. The van der Waals surface area contributed by atoms with Crippen LogP contribution in [0.25, 0.3) is 0 Å². The number of hydrogen-bond acceptors (Lipinski definition) is 4. The van der Waals surface area contributed by atoms with Crippen LogP contribution in [0.3, 0.4) is 0 Å². The first-order valence-electron chi connectivity index (χ1n) is 3.82. The van der Waals surface area contributed by atoms with Crippen LogP contribution in [0.15, 0.2) is 16.4 Å². The lowest BCUT2D eigenvalue weighted by Gasteiger charge is -1.94. The highest BCUT2D eigenvalue weighted by Crippen LogP contribution is 2.06. The van der Waals surface area contributed by atoms with Crippen molar-refractivity contribution in [1.29, 1.82) is 5.26 Å². The van der Waals surface area contributed by atoms with Crippen LogP contribution in [0.1, 0.15) is 27.2 Å². The molecule has 0 radical (unpaired) electrons. The van der Waals surface area contributed by atoms with E-state index in [2.05, 4.69) is 4.99 Å². The number of nitro groups is 1. The van der Waals surface area contributed by atoms with Crippen molar-refractivity contribution in [2.75, 3.05) is 0 Å². The van der Waals surface area contributed by atoms with E-state index >= 15 is 0 Å². The van der Waals surface area contributed by atoms with Crippen LogP contribution in [-0.2, 0) is 0 Å². The first-order chi connectivity index (χ1) is 6.02. The van der Waals surface area contributed by atoms with Crippen LogP contribution in [0.5, 0.6) is 0 Å². The van der Waals surface area contributed by atoms with Crippen molar-refractivity contribution in [2.45, 2.75) is 27.2 Å². The summed E-state index contributed by atoms with van der Waals surface area (Å²) in [6.45, 7) is 4.91. The number of nitrogens with zero attached hydrogens (tertiary/aromatic N) is 3. The Hall–Kier alpha value is -1.70. The third kappa shape index (κ3) is 3.47. The van der Waals surface area contributed by atoms with E-state index in [0.717, 1.165) is 0 Å². The van der Waals surface area contributed by atoms with Crippen molar-refractivity contribution < 1.29 is 4.92 Å². The minimum absolute atomic E-state index is 0.174. The fourth-order valence-electron chi connectivity index (χ4n) is 0.646. The van der Waals surface area contributed by atoms with E-state index in [1.807, 2.05) is 0 Å². The van der Waals surface area contributed by atoms with Gasteiger partial charge < -0.3 is 10.1 Å². The number of hydrogen-bond donors (Lipinski definition) is 0. The monoisotopic (exact) mass is 181 g/mol. The highest BCUT2D eigenvalue weighted by molar-refractivity contribution is 5.98. The predicted octanol–water partition coefficient (Wildman–Crippen LogP) is 1.89. The van der Waals surface area contributed by atoms with Gasteiger partial charge in [0.25, 0.3) is 0 Å². The van der Waals surface area contributed by atoms with Crippen LogP contribution in [0.4, 0.5) is 0 Å². The van der Waals surface area contributed by atoms with Crippen LogP contribution in [0.2, 0.25) is 0 Å². The molecule has 0 saturated carbocycles. The highest BCUT2D eigenvalue weighted by atomic mass is 16.6. The standard InChI is InChI=1S/C8H11N3O2/c1-4-7(5-9)10-8(6(2)3)11(12)13/h4H2,1-3H3. The molecular formula is C8H11N3O2. The van der Waals surface area contributed by atoms with E-state index in [-0.39, 0.29) is 11.5 Å². The maximum absolute atomic E-state index is 10.4. The first-order valence-corrected chi connectivity index (χ1v) is 3.82. The third-order valence-electron chi connectivity index (χ3n) is 1.32. The summed E-state index contributed by atoms with van der Waals surface area (Å²) in [5.41, 5.74) is 0.666. The van der Waals surface area contributed by atoms with Gasteiger partial charge in [-0.1, -0.05) is 6.92 Å². The minimum Gasteiger partial charge on any atom is -0.358 e. The van der Waals surface area contributed by atoms with Gasteiger partial charge in [0.1, 0.15) is 6.07 Å². The molecule has 0 aliphatic rings. The quantitative estimate of drug-likeness (QED) is 0.379. The smallest absolute Gasteiger partial charge is 0.358 e. The van der Waals surface area contributed by atoms with Gasteiger partial charge in [0.2, 0.25) is 5.71 Å². The molecule has 0 aliphatic carbocycles. The van der Waals surface area contributed by atoms with Crippen LogP contribution in [-0.4, -0.2) is 10.6 Å². The molecule has 5 nitrogen and oxygen atoms in total. The molecule has 70 valence electrons. The molecule has 0 aliphatic heterocycles. The number of rotatable bonds is 3. The normalized spacial score (nSPS) is 10.5. The lowest BCUT2D eigenvalue weighted by Crippen LogP contribution is -2.02. The molecule has 0 heterocycles. The van der Waals surface area contributed by atoms with Crippen molar-refractivity contribution in [3.63, 3.8) is 0 Å². The van der Waals surface area contributed by atoms with Crippen molar-refractivity contribution in [3.8, 4) is 6.07 Å². The van der Waals surface area contributed by atoms with Gasteiger partial charge in [-0.15, -0.1) is 0 Å². The second kappa shape index (κ2) is 5.04. The molecule has 0 unspecified atom stereocenters. The van der Waals surface area contributed by atoms with Crippen molar-refractivity contribution in [2.24, 2.45) is 4.99 Å². The van der Waals surface area contributed by atoms with Crippen LogP contribution < -0.4 is 0 Å². The van der Waals surface area contributed by atoms with E-state index in [4.69, 9.17) is 5.26 Å². The third-order valence-corrected chi connectivity index (χ3v) is 1.32. The SMILES string of the molecule is CCC(C#N)=NC(=C(C)C)[N+](=O)[O-]. The molecular weight excluding hydrogens is 170 g/mol. The summed E-state index contributed by atoms with van der Waals surface area (Å²) in [7, 11) is 0. The van der Waals surface area contributed by atoms with Crippen LogP contribution >= 0.6 is 0 Å². The van der Waals surface area contributed by atoms with Crippen molar-refractivity contribution in [1.82, 2.24) is 0 Å². The zero-order chi connectivity index (χ0) is 10.4. The second-order valence-electron chi connectivity index (χ2n) is 2.60. The van der Waals surface area contributed by atoms with Gasteiger partial charge in [0.05, 0.1) is 0 Å². The van der Waals surface area contributed by atoms with E-state index < -0.39 is 4.92 Å². The summed E-state index contributed by atoms with van der Waals surface area (Å²) in [6.07, 6.45) is 0.404. The predicted molar refractivity (Wildman–Crippen MR) is 48.7 cm³/mol. The zero-order valence-corrected chi connectivity index (χ0v) is 7.87. The average molecular weight is 181 g/mol. The summed E-state index contributed by atoms with van der Waals surface area (Å²) < 4.78 is 0. The summed E-state index contributed by atoms with van der Waals surface area (Å²) in [6, 6.07) is 1.80. The average Bonchev–Trinajstić information content (AvgIpc) is 2.05. The maximum Gasteiger partial charge on any atom is 0.363 e. The van der Waals surface area contributed by atoms with E-state index in [9.17, 15) is 10.1 Å². The summed E-state index contributed by atoms with van der Waals surface area (Å²) >= 11 is 0. The molecule has 0 N–H and O–H groups in total. The first kappa shape index (κ1) is 11.3. The zero-order valence-electron chi connectivity index (χ0n) is 7.87. The van der Waals surface area contributed by atoms with Gasteiger partial charge in [0.15, 0.2) is 0 Å². The van der Waals surface area contributed by atoms with Gasteiger partial charge in [-0.2, -0.15) is 5.26 Å². The molecule has 0 aromatic rings. The Morgan fingerprint density at radius 1 is 1.62 bits per heavy atom. The van der Waals surface area contributed by atoms with Gasteiger partial charge in [-0.05, 0) is 23.8 Å². The molecule has 13 heavy (non-hydrogen) atoms. The Bertz CT molecular complexity index is 306. The van der Waals surface area contributed by atoms with Gasteiger partial charge in [-0.3, -0.25) is 0 Å². The molecule has 0 spiro atoms. The lowest BCUT2D eigenvalue weighted by molar-refractivity contribution is -0.427. The van der Waals surface area contributed by atoms with Crippen molar-refractivity contribution >= 4 is 5.71 Å². The summed E-state index contributed by atoms with van der Waals surface area (Å²) in [5, 5.41) is 19.0. The Morgan fingerprint density at radius 3 is 2.38 bits per heavy atom. The van der Waals surface area contributed by atoms with Crippen LogP contribution in [0, 0.1) is 21.4 Å². The highest BCUT2D eigenvalue weighted by Gasteiger charge is 2.13. The number of aliphatic imine (C=N–C) groups is 1. The number of nitriles is 1. The fraction of sp³-hybridized carbons (Fsp3) is 0.500. The molecule has 0 aromatic heterocycles. The molecule has 0 saturated heterocycles. The van der Waals surface area contributed by atoms with Gasteiger partial charge in [-0.25, -0.2) is 0 Å². The topological polar surface area (TPSA) is 79.3 Å². The largest absolute Gasteiger partial charge is 0.363 e. The van der Waals surface area contributed by atoms with E-state index in [1.54, 1.807) is 26.8 Å². The van der Waals surface area contributed by atoms with Gasteiger partial charge in [0, 0.05) is 12.0 Å². The fourth-order valence-corrected chi connectivity index (χ4v) is 0.646. The lowest BCUT2D eigenvalue weighted by atomic mass is 10.3. The molecule has 5 heteroatoms. The second-order valence-corrected chi connectivity index (χ2v) is 2.60. The summed E-state index contributed by atoms with van der Waals surface area (Å²) in [5.74, 6) is -0.238. The summed E-state index contributed by atoms with van der Waals surface area (Å²) in [4.78, 5) is 13.5. The molecule has 0 bridgehead atoms. The Balaban J connectivity index is 5.06. The molecule has 0 fully saturated rings. The maximum atomic E-state index is 10.4. The Labute approximate surface area is 76.5 Å². The Kier molecular flexibility index (Phi) is 4.38. The van der Waals surface area contributed by atoms with Gasteiger partial charge >= 0.3 is 5.82 Å². The molecule has 0 atom stereocenters. The Morgan fingerprint density at radius 2 is 2.15 bits per heavy atom. The molecule has 0 amide bonds. The van der Waals surface area contributed by atoms with E-state index in [1.165, 1.54) is 0 Å². The van der Waals surface area contributed by atoms with Crippen molar-refractivity contribution in [3.05, 3.63) is 21.5 Å². The van der Waals surface area contributed by atoms with E-state index in [0.29, 0.717) is 12.0 Å². The molecule has 0 aromatic carbocycles. The molecule has 0 rings (SSSR count).